The Morgan fingerprint density at radius 2 is 1.76 bits per heavy atom. The SMILES string of the molecule is COc1ccc([C@H]2CC[C@H](CN(c3cccc(NCc4nccs4)c3)C(=O)[C@H]3CC[C@H](O[Si](C)(C)C(C)(C)C)CC3)CC2)cc1C. The molecule has 1 aromatic heterocycles. The Bertz CT molecular complexity index is 1420. The molecule has 0 spiro atoms. The molecule has 1 N–H and O–H groups in total. The summed E-state index contributed by atoms with van der Waals surface area (Å²) in [6, 6.07) is 15.1. The van der Waals surface area contributed by atoms with Crippen molar-refractivity contribution in [2.45, 2.75) is 116 Å². The molecule has 2 aromatic carbocycles. The van der Waals surface area contributed by atoms with E-state index in [4.69, 9.17) is 9.16 Å². The number of amides is 1. The van der Waals surface area contributed by atoms with Crippen LogP contribution in [0, 0.1) is 18.8 Å². The van der Waals surface area contributed by atoms with E-state index in [-0.39, 0.29) is 23.0 Å². The van der Waals surface area contributed by atoms with E-state index in [1.54, 1.807) is 18.4 Å². The Labute approximate surface area is 282 Å². The molecular formula is C38H55N3O3SSi. The number of carbonyl (C=O) groups is 1. The molecule has 6 nitrogen and oxygen atoms in total. The van der Waals surface area contributed by atoms with E-state index >= 15 is 0 Å². The summed E-state index contributed by atoms with van der Waals surface area (Å²) in [7, 11) is -0.0926. The lowest BCUT2D eigenvalue weighted by molar-refractivity contribution is -0.124. The molecule has 0 aliphatic heterocycles. The van der Waals surface area contributed by atoms with E-state index in [1.807, 2.05) is 11.6 Å². The molecule has 2 fully saturated rings. The fourth-order valence-electron chi connectivity index (χ4n) is 6.96. The molecule has 0 saturated heterocycles. The van der Waals surface area contributed by atoms with Crippen LogP contribution in [0.15, 0.2) is 54.0 Å². The average Bonchev–Trinajstić information content (AvgIpc) is 3.56. The molecule has 5 rings (SSSR count). The van der Waals surface area contributed by atoms with Gasteiger partial charge in [-0.2, -0.15) is 0 Å². The van der Waals surface area contributed by atoms with Gasteiger partial charge in [0.25, 0.3) is 0 Å². The minimum absolute atomic E-state index is 0.0461. The number of anilines is 2. The van der Waals surface area contributed by atoms with Gasteiger partial charge >= 0.3 is 0 Å². The minimum Gasteiger partial charge on any atom is -0.496 e. The maximum Gasteiger partial charge on any atom is 0.230 e. The van der Waals surface area contributed by atoms with Crippen LogP contribution < -0.4 is 15.0 Å². The summed E-state index contributed by atoms with van der Waals surface area (Å²) in [5.41, 5.74) is 4.64. The van der Waals surface area contributed by atoms with Gasteiger partial charge in [0.05, 0.1) is 13.7 Å². The first kappa shape index (κ1) is 34.6. The van der Waals surface area contributed by atoms with Crippen LogP contribution in [0.1, 0.15) is 94.2 Å². The summed E-state index contributed by atoms with van der Waals surface area (Å²) < 4.78 is 12.3. The molecule has 0 radical (unpaired) electrons. The van der Waals surface area contributed by atoms with Crippen LogP contribution in [0.2, 0.25) is 18.1 Å². The predicted molar refractivity (Wildman–Crippen MR) is 195 cm³/mol. The number of aryl methyl sites for hydroxylation is 1. The lowest BCUT2D eigenvalue weighted by atomic mass is 9.78. The molecule has 1 amide bonds. The van der Waals surface area contributed by atoms with Crippen molar-refractivity contribution in [3.05, 3.63) is 70.2 Å². The minimum atomic E-state index is -1.83. The second-order valence-electron chi connectivity index (χ2n) is 15.1. The number of thiazole rings is 1. The van der Waals surface area contributed by atoms with Crippen molar-refractivity contribution in [2.75, 3.05) is 23.9 Å². The Kier molecular flexibility index (Phi) is 11.3. The van der Waals surface area contributed by atoms with Crippen LogP contribution in [-0.4, -0.2) is 39.0 Å². The predicted octanol–water partition coefficient (Wildman–Crippen LogP) is 9.96. The van der Waals surface area contributed by atoms with Gasteiger partial charge in [0, 0.05) is 41.5 Å². The maximum absolute atomic E-state index is 14.4. The number of benzene rings is 2. The lowest BCUT2D eigenvalue weighted by Crippen LogP contribution is -2.46. The van der Waals surface area contributed by atoms with Gasteiger partial charge in [0.2, 0.25) is 5.91 Å². The quantitative estimate of drug-likeness (QED) is 0.207. The van der Waals surface area contributed by atoms with Crippen LogP contribution in [0.3, 0.4) is 0 Å². The second-order valence-corrected chi connectivity index (χ2v) is 20.8. The molecule has 3 aromatic rings. The summed E-state index contributed by atoms with van der Waals surface area (Å²) in [5.74, 6) is 2.35. The van der Waals surface area contributed by atoms with Crippen molar-refractivity contribution < 1.29 is 14.0 Å². The molecule has 0 atom stereocenters. The van der Waals surface area contributed by atoms with Crippen molar-refractivity contribution in [3.63, 3.8) is 0 Å². The van der Waals surface area contributed by atoms with Gasteiger partial charge in [0.1, 0.15) is 10.8 Å². The molecule has 2 saturated carbocycles. The van der Waals surface area contributed by atoms with Crippen molar-refractivity contribution in [1.82, 2.24) is 4.98 Å². The third kappa shape index (κ3) is 8.61. The normalized spacial score (nSPS) is 22.3. The van der Waals surface area contributed by atoms with E-state index in [1.165, 1.54) is 11.1 Å². The van der Waals surface area contributed by atoms with Gasteiger partial charge in [-0.15, -0.1) is 11.3 Å². The number of nitrogens with one attached hydrogen (secondary N) is 1. The van der Waals surface area contributed by atoms with Crippen molar-refractivity contribution in [2.24, 2.45) is 11.8 Å². The van der Waals surface area contributed by atoms with Crippen molar-refractivity contribution in [3.8, 4) is 5.75 Å². The number of carbonyl (C=O) groups excluding carboxylic acids is 1. The van der Waals surface area contributed by atoms with Crippen LogP contribution in [0.25, 0.3) is 0 Å². The highest BCUT2D eigenvalue weighted by molar-refractivity contribution is 7.09. The van der Waals surface area contributed by atoms with Gasteiger partial charge in [-0.25, -0.2) is 4.98 Å². The summed E-state index contributed by atoms with van der Waals surface area (Å²) in [6.07, 6.45) is 10.4. The first-order valence-electron chi connectivity index (χ1n) is 17.3. The number of hydrogen-bond acceptors (Lipinski definition) is 6. The number of aromatic nitrogens is 1. The van der Waals surface area contributed by atoms with Crippen molar-refractivity contribution in [1.29, 1.82) is 0 Å². The average molecular weight is 662 g/mol. The third-order valence-electron chi connectivity index (χ3n) is 10.8. The van der Waals surface area contributed by atoms with Crippen LogP contribution in [-0.2, 0) is 15.8 Å². The van der Waals surface area contributed by atoms with E-state index in [2.05, 4.69) is 98.5 Å². The summed E-state index contributed by atoms with van der Waals surface area (Å²) in [5, 5.41) is 6.78. The number of rotatable bonds is 11. The monoisotopic (exact) mass is 661 g/mol. The first-order valence-corrected chi connectivity index (χ1v) is 21.1. The molecule has 0 unspecified atom stereocenters. The highest BCUT2D eigenvalue weighted by Gasteiger charge is 2.41. The second kappa shape index (κ2) is 15.0. The number of hydrogen-bond donors (Lipinski definition) is 1. The molecule has 2 aliphatic carbocycles. The van der Waals surface area contributed by atoms with Gasteiger partial charge in [-0.3, -0.25) is 4.79 Å². The van der Waals surface area contributed by atoms with Gasteiger partial charge in [0.15, 0.2) is 8.32 Å². The molecule has 2 aliphatic rings. The third-order valence-corrected chi connectivity index (χ3v) is 16.1. The summed E-state index contributed by atoms with van der Waals surface area (Å²) in [4.78, 5) is 21.0. The van der Waals surface area contributed by atoms with E-state index in [0.29, 0.717) is 18.4 Å². The fourth-order valence-corrected chi connectivity index (χ4v) is 8.94. The zero-order chi connectivity index (χ0) is 32.9. The van der Waals surface area contributed by atoms with E-state index in [9.17, 15) is 4.79 Å². The summed E-state index contributed by atoms with van der Waals surface area (Å²) >= 11 is 1.65. The highest BCUT2D eigenvalue weighted by Crippen LogP contribution is 2.41. The van der Waals surface area contributed by atoms with Gasteiger partial charge in [-0.05, 0) is 124 Å². The van der Waals surface area contributed by atoms with Crippen LogP contribution >= 0.6 is 11.3 Å². The maximum atomic E-state index is 14.4. The first-order chi connectivity index (χ1) is 21.9. The zero-order valence-electron chi connectivity index (χ0n) is 29.1. The largest absolute Gasteiger partial charge is 0.496 e. The fraction of sp³-hybridized carbons (Fsp3) is 0.579. The Hall–Kier alpha value is -2.68. The molecule has 8 heteroatoms. The molecule has 1 heterocycles. The molecular weight excluding hydrogens is 607 g/mol. The Morgan fingerprint density at radius 1 is 1.02 bits per heavy atom. The zero-order valence-corrected chi connectivity index (χ0v) is 30.9. The smallest absolute Gasteiger partial charge is 0.230 e. The van der Waals surface area contributed by atoms with Gasteiger partial charge in [-0.1, -0.05) is 39.0 Å². The Morgan fingerprint density at radius 3 is 2.39 bits per heavy atom. The number of ether oxygens (including phenoxy) is 1. The summed E-state index contributed by atoms with van der Waals surface area (Å²) in [6.45, 7) is 15.2. The topological polar surface area (TPSA) is 63.7 Å². The standard InChI is InChI=1S/C38H55N3O3SSi/c1-27-23-31(17-20-35(27)43-5)29-13-11-28(12-14-29)26-41(33-10-8-9-32(24-33)40-25-36-39-21-22-45-36)37(42)30-15-18-34(19-16-30)44-46(6,7)38(2,3)4/h8-10,17,20-24,28-30,34,40H,11-16,18-19,25-26H2,1-7H3/t28-,29-,30-,34-. The number of methoxy groups -OCH3 is 1. The molecule has 250 valence electrons. The van der Waals surface area contributed by atoms with Crippen molar-refractivity contribution >= 4 is 36.9 Å². The highest BCUT2D eigenvalue weighted by atomic mass is 32.1. The lowest BCUT2D eigenvalue weighted by Gasteiger charge is -2.41. The number of nitrogens with zero attached hydrogens (tertiary/aromatic N) is 2. The van der Waals surface area contributed by atoms with Crippen LogP contribution in [0.4, 0.5) is 11.4 Å². The van der Waals surface area contributed by atoms with Gasteiger partial charge < -0.3 is 19.4 Å². The molecule has 0 bridgehead atoms. The van der Waals surface area contributed by atoms with Crippen LogP contribution in [0.5, 0.6) is 5.75 Å². The van der Waals surface area contributed by atoms with E-state index in [0.717, 1.165) is 80.0 Å². The van der Waals surface area contributed by atoms with E-state index < -0.39 is 8.32 Å². The Balaban J connectivity index is 1.27. The molecule has 46 heavy (non-hydrogen) atoms.